The first kappa shape index (κ1) is 17.5. The number of aryl methyl sites for hydroxylation is 1. The van der Waals surface area contributed by atoms with Crippen LogP contribution in [0.15, 0.2) is 30.6 Å². The number of likely N-dealkylation sites (tertiary alicyclic amines) is 1. The molecule has 0 aliphatic carbocycles. The van der Waals surface area contributed by atoms with E-state index < -0.39 is 11.6 Å². The van der Waals surface area contributed by atoms with Crippen LogP contribution in [0.1, 0.15) is 30.9 Å². The van der Waals surface area contributed by atoms with E-state index >= 15 is 0 Å². The summed E-state index contributed by atoms with van der Waals surface area (Å²) < 4.78 is 28.7. The number of piperidine rings is 1. The van der Waals surface area contributed by atoms with Gasteiger partial charge in [0.15, 0.2) is 0 Å². The van der Waals surface area contributed by atoms with E-state index in [0.717, 1.165) is 31.0 Å². The van der Waals surface area contributed by atoms with Crippen molar-refractivity contribution >= 4 is 5.91 Å². The first-order valence-corrected chi connectivity index (χ1v) is 8.54. The van der Waals surface area contributed by atoms with Gasteiger partial charge in [0.2, 0.25) is 5.91 Å². The highest BCUT2D eigenvalue weighted by molar-refractivity contribution is 5.82. The number of hydrogen-bond donors (Lipinski definition) is 1. The van der Waals surface area contributed by atoms with Crippen molar-refractivity contribution < 1.29 is 13.6 Å². The number of amides is 1. The molecule has 0 unspecified atom stereocenters. The summed E-state index contributed by atoms with van der Waals surface area (Å²) in [5.74, 6) is -1.27. The molecule has 1 aromatic carbocycles. The zero-order valence-electron chi connectivity index (χ0n) is 14.2. The van der Waals surface area contributed by atoms with Gasteiger partial charge in [0, 0.05) is 49.6 Å². The molecule has 1 saturated heterocycles. The molecule has 7 heteroatoms. The molecule has 25 heavy (non-hydrogen) atoms. The fraction of sp³-hybridized carbons (Fsp3) is 0.444. The molecule has 1 atom stereocenters. The van der Waals surface area contributed by atoms with Crippen LogP contribution in [-0.4, -0.2) is 33.2 Å². The number of carbonyl (C=O) groups excluding carboxylic acids is 1. The number of benzene rings is 1. The predicted octanol–water partition coefficient (Wildman–Crippen LogP) is 2.46. The van der Waals surface area contributed by atoms with Crippen molar-refractivity contribution in [2.75, 3.05) is 6.54 Å². The summed E-state index contributed by atoms with van der Waals surface area (Å²) in [5, 5.41) is 7.48. The lowest BCUT2D eigenvalue weighted by Gasteiger charge is -2.33. The van der Waals surface area contributed by atoms with Crippen LogP contribution < -0.4 is 5.32 Å². The molecule has 1 N–H and O–H groups in total. The summed E-state index contributed by atoms with van der Waals surface area (Å²) in [6, 6.07) is 3.18. The monoisotopic (exact) mass is 348 g/mol. The molecule has 1 amide bonds. The van der Waals surface area contributed by atoms with Gasteiger partial charge in [-0.15, -0.1) is 0 Å². The van der Waals surface area contributed by atoms with Crippen molar-refractivity contribution in [3.8, 4) is 0 Å². The van der Waals surface area contributed by atoms with Gasteiger partial charge in [0.25, 0.3) is 0 Å². The van der Waals surface area contributed by atoms with E-state index in [2.05, 4.69) is 10.4 Å². The molecule has 0 spiro atoms. The minimum absolute atomic E-state index is 0.0436. The maximum absolute atomic E-state index is 13.8. The van der Waals surface area contributed by atoms with Crippen molar-refractivity contribution in [1.29, 1.82) is 0 Å². The van der Waals surface area contributed by atoms with Gasteiger partial charge in [0.05, 0.1) is 12.2 Å². The summed E-state index contributed by atoms with van der Waals surface area (Å²) in [6.07, 6.45) is 5.34. The Morgan fingerprint density at radius 2 is 2.20 bits per heavy atom. The molecule has 134 valence electrons. The van der Waals surface area contributed by atoms with E-state index in [-0.39, 0.29) is 18.5 Å². The largest absolute Gasteiger partial charge is 0.337 e. The highest BCUT2D eigenvalue weighted by Gasteiger charge is 2.28. The smallest absolute Gasteiger partial charge is 0.240 e. The summed E-state index contributed by atoms with van der Waals surface area (Å²) in [4.78, 5) is 14.3. The average Bonchev–Trinajstić information content (AvgIpc) is 3.06. The summed E-state index contributed by atoms with van der Waals surface area (Å²) >= 11 is 0. The number of aromatic nitrogens is 2. The maximum Gasteiger partial charge on any atom is 0.240 e. The Bertz CT molecular complexity index is 746. The molecule has 1 aliphatic heterocycles. The van der Waals surface area contributed by atoms with E-state index in [1.165, 1.54) is 12.1 Å². The maximum atomic E-state index is 13.8. The molecule has 0 saturated carbocycles. The van der Waals surface area contributed by atoms with Crippen molar-refractivity contribution in [3.05, 3.63) is 53.4 Å². The third-order valence-electron chi connectivity index (χ3n) is 4.47. The predicted molar refractivity (Wildman–Crippen MR) is 89.5 cm³/mol. The minimum Gasteiger partial charge on any atom is -0.337 e. The molecular formula is C18H22F2N4O. The van der Waals surface area contributed by atoms with Gasteiger partial charge in [0.1, 0.15) is 11.6 Å². The normalized spacial score (nSPS) is 18.0. The molecular weight excluding hydrogens is 326 g/mol. The second kappa shape index (κ2) is 7.74. The van der Waals surface area contributed by atoms with E-state index in [9.17, 15) is 13.6 Å². The van der Waals surface area contributed by atoms with Gasteiger partial charge in [-0.3, -0.25) is 9.48 Å². The summed E-state index contributed by atoms with van der Waals surface area (Å²) in [5.41, 5.74) is 1.36. The quantitative estimate of drug-likeness (QED) is 0.872. The number of hydrogen-bond acceptors (Lipinski definition) is 3. The zero-order chi connectivity index (χ0) is 17.8. The van der Waals surface area contributed by atoms with Crippen LogP contribution in [0.5, 0.6) is 0 Å². The lowest BCUT2D eigenvalue weighted by Crippen LogP contribution is -2.50. The topological polar surface area (TPSA) is 50.2 Å². The third kappa shape index (κ3) is 4.22. The van der Waals surface area contributed by atoms with Gasteiger partial charge in [-0.2, -0.15) is 5.10 Å². The van der Waals surface area contributed by atoms with Crippen LogP contribution in [0.25, 0.3) is 0 Å². The van der Waals surface area contributed by atoms with Crippen LogP contribution in [-0.2, 0) is 24.4 Å². The lowest BCUT2D eigenvalue weighted by atomic mass is 10.0. The van der Waals surface area contributed by atoms with Gasteiger partial charge in [-0.25, -0.2) is 8.78 Å². The van der Waals surface area contributed by atoms with E-state index in [0.29, 0.717) is 18.7 Å². The second-order valence-electron chi connectivity index (χ2n) is 6.28. The molecule has 2 heterocycles. The number of carbonyl (C=O) groups is 1. The van der Waals surface area contributed by atoms with Gasteiger partial charge < -0.3 is 10.2 Å². The molecule has 5 nitrogen and oxygen atoms in total. The Kier molecular flexibility index (Phi) is 5.43. The Hall–Kier alpha value is -2.28. The Morgan fingerprint density at radius 3 is 2.92 bits per heavy atom. The van der Waals surface area contributed by atoms with Gasteiger partial charge in [-0.05, 0) is 25.8 Å². The molecule has 1 fully saturated rings. The highest BCUT2D eigenvalue weighted by atomic mass is 19.1. The molecule has 0 bridgehead atoms. The third-order valence-corrected chi connectivity index (χ3v) is 4.47. The van der Waals surface area contributed by atoms with Crippen LogP contribution >= 0.6 is 0 Å². The first-order chi connectivity index (χ1) is 12.1. The van der Waals surface area contributed by atoms with E-state index in [4.69, 9.17) is 0 Å². The summed E-state index contributed by atoms with van der Waals surface area (Å²) in [7, 11) is 0. The number of rotatable bonds is 6. The second-order valence-corrected chi connectivity index (χ2v) is 6.28. The van der Waals surface area contributed by atoms with Crippen LogP contribution in [0.2, 0.25) is 0 Å². The fourth-order valence-corrected chi connectivity index (χ4v) is 3.05. The number of halogens is 2. The van der Waals surface area contributed by atoms with Crippen molar-refractivity contribution in [1.82, 2.24) is 20.0 Å². The Labute approximate surface area is 145 Å². The van der Waals surface area contributed by atoms with Crippen LogP contribution in [0.3, 0.4) is 0 Å². The molecule has 1 aromatic heterocycles. The Morgan fingerprint density at radius 1 is 1.36 bits per heavy atom. The Balaban J connectivity index is 1.60. The SMILES string of the molecule is CCn1cc(CN[C@H]2CCCN(Cc3ccc(F)cc3F)C2=O)cn1. The van der Waals surface area contributed by atoms with Crippen molar-refractivity contribution in [2.24, 2.45) is 0 Å². The minimum atomic E-state index is -0.616. The van der Waals surface area contributed by atoms with Crippen molar-refractivity contribution in [3.63, 3.8) is 0 Å². The molecule has 1 aliphatic rings. The summed E-state index contributed by atoms with van der Waals surface area (Å²) in [6.45, 7) is 4.13. The fourth-order valence-electron chi connectivity index (χ4n) is 3.05. The molecule has 3 rings (SSSR count). The lowest BCUT2D eigenvalue weighted by molar-refractivity contribution is -0.136. The van der Waals surface area contributed by atoms with Gasteiger partial charge in [-0.1, -0.05) is 6.07 Å². The number of nitrogens with one attached hydrogen (secondary N) is 1. The first-order valence-electron chi connectivity index (χ1n) is 8.54. The van der Waals surface area contributed by atoms with E-state index in [1.807, 2.05) is 17.8 Å². The van der Waals surface area contributed by atoms with Crippen LogP contribution in [0, 0.1) is 11.6 Å². The van der Waals surface area contributed by atoms with Crippen molar-refractivity contribution in [2.45, 2.75) is 45.4 Å². The molecule has 0 radical (unpaired) electrons. The van der Waals surface area contributed by atoms with E-state index in [1.54, 1.807) is 11.1 Å². The standard InChI is InChI=1S/C18H22F2N4O/c1-2-24-11-13(10-22-24)9-21-17-4-3-7-23(18(17)25)12-14-5-6-15(19)8-16(14)20/h5-6,8,10-11,17,21H,2-4,7,9,12H2,1H3/t17-/m0/s1. The average molecular weight is 348 g/mol. The van der Waals surface area contributed by atoms with Crippen LogP contribution in [0.4, 0.5) is 8.78 Å². The number of nitrogens with zero attached hydrogens (tertiary/aromatic N) is 3. The highest BCUT2D eigenvalue weighted by Crippen LogP contribution is 2.18. The van der Waals surface area contributed by atoms with Gasteiger partial charge >= 0.3 is 0 Å². The zero-order valence-corrected chi connectivity index (χ0v) is 14.2. The molecule has 2 aromatic rings.